The van der Waals surface area contributed by atoms with Crippen molar-refractivity contribution in [3.8, 4) is 0 Å². The Balaban J connectivity index is 2.21. The summed E-state index contributed by atoms with van der Waals surface area (Å²) in [5.74, 6) is 1.01. The first-order valence-corrected chi connectivity index (χ1v) is 7.85. The SMILES string of the molecule is CCCNC(C)c1oc2c(cc(Cl)c3ccccc32)c1C. The Morgan fingerprint density at radius 3 is 2.62 bits per heavy atom. The Kier molecular flexibility index (Phi) is 3.92. The van der Waals surface area contributed by atoms with E-state index in [1.807, 2.05) is 24.3 Å². The van der Waals surface area contributed by atoms with Crippen molar-refractivity contribution >= 4 is 33.3 Å². The van der Waals surface area contributed by atoms with Crippen molar-refractivity contribution in [1.29, 1.82) is 0 Å². The normalized spacial score (nSPS) is 13.1. The Labute approximate surface area is 130 Å². The number of hydrogen-bond acceptors (Lipinski definition) is 2. The number of hydrogen-bond donors (Lipinski definition) is 1. The highest BCUT2D eigenvalue weighted by Gasteiger charge is 2.18. The zero-order chi connectivity index (χ0) is 15.0. The molecule has 0 aliphatic carbocycles. The van der Waals surface area contributed by atoms with Crippen LogP contribution in [0.4, 0.5) is 0 Å². The smallest absolute Gasteiger partial charge is 0.142 e. The fourth-order valence-corrected chi connectivity index (χ4v) is 3.15. The summed E-state index contributed by atoms with van der Waals surface area (Å²) in [6.45, 7) is 7.40. The topological polar surface area (TPSA) is 25.2 Å². The van der Waals surface area contributed by atoms with E-state index in [1.165, 1.54) is 5.56 Å². The first kappa shape index (κ1) is 14.4. The lowest BCUT2D eigenvalue weighted by Crippen LogP contribution is -2.19. The van der Waals surface area contributed by atoms with E-state index in [1.54, 1.807) is 0 Å². The maximum Gasteiger partial charge on any atom is 0.142 e. The van der Waals surface area contributed by atoms with E-state index in [9.17, 15) is 0 Å². The van der Waals surface area contributed by atoms with Gasteiger partial charge in [-0.05, 0) is 32.9 Å². The Bertz CT molecular complexity index is 791. The molecular formula is C18H20ClNO. The van der Waals surface area contributed by atoms with Crippen molar-refractivity contribution in [2.45, 2.75) is 33.2 Å². The molecule has 110 valence electrons. The number of nitrogens with one attached hydrogen (secondary N) is 1. The van der Waals surface area contributed by atoms with Crippen LogP contribution in [0.3, 0.4) is 0 Å². The van der Waals surface area contributed by atoms with Crippen molar-refractivity contribution in [1.82, 2.24) is 5.32 Å². The van der Waals surface area contributed by atoms with Gasteiger partial charge in [0, 0.05) is 26.7 Å². The summed E-state index contributed by atoms with van der Waals surface area (Å²) in [4.78, 5) is 0. The fourth-order valence-electron chi connectivity index (χ4n) is 2.88. The van der Waals surface area contributed by atoms with Crippen LogP contribution in [0, 0.1) is 6.92 Å². The minimum atomic E-state index is 0.204. The van der Waals surface area contributed by atoms with Crippen LogP contribution in [-0.4, -0.2) is 6.54 Å². The minimum absolute atomic E-state index is 0.204. The summed E-state index contributed by atoms with van der Waals surface area (Å²) in [5.41, 5.74) is 2.11. The second-order valence-electron chi connectivity index (χ2n) is 5.55. The molecule has 0 fully saturated rings. The van der Waals surface area contributed by atoms with Gasteiger partial charge < -0.3 is 9.73 Å². The third kappa shape index (κ3) is 2.43. The molecule has 0 saturated heterocycles. The van der Waals surface area contributed by atoms with Gasteiger partial charge in [0.25, 0.3) is 0 Å². The third-order valence-electron chi connectivity index (χ3n) is 4.02. The summed E-state index contributed by atoms with van der Waals surface area (Å²) in [6.07, 6.45) is 1.11. The van der Waals surface area contributed by atoms with Gasteiger partial charge in [-0.3, -0.25) is 0 Å². The minimum Gasteiger partial charge on any atom is -0.458 e. The number of rotatable bonds is 4. The molecule has 2 nitrogen and oxygen atoms in total. The van der Waals surface area contributed by atoms with E-state index >= 15 is 0 Å². The van der Waals surface area contributed by atoms with E-state index < -0.39 is 0 Å². The van der Waals surface area contributed by atoms with Gasteiger partial charge in [-0.1, -0.05) is 42.8 Å². The third-order valence-corrected chi connectivity index (χ3v) is 4.34. The van der Waals surface area contributed by atoms with Crippen LogP contribution in [0.1, 0.15) is 37.6 Å². The van der Waals surface area contributed by atoms with Crippen molar-refractivity contribution in [2.24, 2.45) is 0 Å². The predicted octanol–water partition coefficient (Wildman–Crippen LogP) is 5.61. The average molecular weight is 302 g/mol. The Morgan fingerprint density at radius 2 is 1.90 bits per heavy atom. The van der Waals surface area contributed by atoms with Crippen molar-refractivity contribution in [2.75, 3.05) is 6.54 Å². The summed E-state index contributed by atoms with van der Waals surface area (Å²) in [5, 5.41) is 7.50. The molecule has 2 aromatic carbocycles. The second-order valence-corrected chi connectivity index (χ2v) is 5.95. The van der Waals surface area contributed by atoms with Crippen LogP contribution in [0.5, 0.6) is 0 Å². The molecular weight excluding hydrogens is 282 g/mol. The number of fused-ring (bicyclic) bond motifs is 3. The lowest BCUT2D eigenvalue weighted by Gasteiger charge is -2.11. The molecule has 1 atom stereocenters. The summed E-state index contributed by atoms with van der Waals surface area (Å²) in [7, 11) is 0. The van der Waals surface area contributed by atoms with Crippen molar-refractivity contribution in [3.05, 3.63) is 46.7 Å². The van der Waals surface area contributed by atoms with Crippen LogP contribution >= 0.6 is 11.6 Å². The lowest BCUT2D eigenvalue weighted by atomic mass is 10.0. The molecule has 0 aliphatic heterocycles. The number of furan rings is 1. The first-order valence-electron chi connectivity index (χ1n) is 7.47. The molecule has 3 aromatic rings. The van der Waals surface area contributed by atoms with Gasteiger partial charge >= 0.3 is 0 Å². The lowest BCUT2D eigenvalue weighted by molar-refractivity contribution is 0.450. The first-order chi connectivity index (χ1) is 10.1. The summed E-state index contributed by atoms with van der Waals surface area (Å²) < 4.78 is 6.20. The van der Waals surface area contributed by atoms with Gasteiger partial charge in [0.2, 0.25) is 0 Å². The summed E-state index contributed by atoms with van der Waals surface area (Å²) >= 11 is 6.42. The standard InChI is InChI=1S/C18H20ClNO/c1-4-9-20-12(3)17-11(2)15-10-16(19)13-7-5-6-8-14(13)18(15)21-17/h5-8,10,12,20H,4,9H2,1-3H3. The van der Waals surface area contributed by atoms with Crippen LogP contribution in [0.15, 0.2) is 34.7 Å². The molecule has 0 spiro atoms. The molecule has 0 radical (unpaired) electrons. The van der Waals surface area contributed by atoms with Gasteiger partial charge in [-0.2, -0.15) is 0 Å². The molecule has 1 aromatic heterocycles. The molecule has 3 heteroatoms. The molecule has 21 heavy (non-hydrogen) atoms. The number of aryl methyl sites for hydroxylation is 1. The van der Waals surface area contributed by atoms with Crippen molar-refractivity contribution < 1.29 is 4.42 Å². The Morgan fingerprint density at radius 1 is 1.19 bits per heavy atom. The van der Waals surface area contributed by atoms with E-state index in [0.29, 0.717) is 0 Å². The Hall–Kier alpha value is -1.51. The van der Waals surface area contributed by atoms with Gasteiger partial charge in [0.1, 0.15) is 11.3 Å². The summed E-state index contributed by atoms with van der Waals surface area (Å²) in [6, 6.07) is 10.4. The van der Waals surface area contributed by atoms with Crippen molar-refractivity contribution in [3.63, 3.8) is 0 Å². The van der Waals surface area contributed by atoms with Crippen LogP contribution in [0.2, 0.25) is 5.02 Å². The second kappa shape index (κ2) is 5.70. The van der Waals surface area contributed by atoms with Crippen LogP contribution < -0.4 is 5.32 Å². The number of benzene rings is 2. The maximum atomic E-state index is 6.42. The fraction of sp³-hybridized carbons (Fsp3) is 0.333. The highest BCUT2D eigenvalue weighted by molar-refractivity contribution is 6.37. The zero-order valence-corrected chi connectivity index (χ0v) is 13.4. The van der Waals surface area contributed by atoms with Gasteiger partial charge in [0.05, 0.1) is 6.04 Å². The zero-order valence-electron chi connectivity index (χ0n) is 12.7. The quantitative estimate of drug-likeness (QED) is 0.677. The molecule has 1 heterocycles. The van der Waals surface area contributed by atoms with Crippen LogP contribution in [0.25, 0.3) is 21.7 Å². The van der Waals surface area contributed by atoms with E-state index in [4.69, 9.17) is 16.0 Å². The molecule has 0 bridgehead atoms. The van der Waals surface area contributed by atoms with E-state index in [-0.39, 0.29) is 6.04 Å². The monoisotopic (exact) mass is 301 g/mol. The van der Waals surface area contributed by atoms with E-state index in [2.05, 4.69) is 32.2 Å². The molecule has 0 saturated carbocycles. The largest absolute Gasteiger partial charge is 0.458 e. The average Bonchev–Trinajstić information content (AvgIpc) is 2.83. The predicted molar refractivity (Wildman–Crippen MR) is 90.2 cm³/mol. The van der Waals surface area contributed by atoms with Gasteiger partial charge in [-0.15, -0.1) is 0 Å². The molecule has 0 aliphatic rings. The number of halogens is 1. The maximum absolute atomic E-state index is 6.42. The van der Waals surface area contributed by atoms with Gasteiger partial charge in [0.15, 0.2) is 0 Å². The molecule has 0 amide bonds. The highest BCUT2D eigenvalue weighted by atomic mass is 35.5. The molecule has 3 rings (SSSR count). The van der Waals surface area contributed by atoms with E-state index in [0.717, 1.165) is 45.5 Å². The molecule has 1 N–H and O–H groups in total. The molecule has 1 unspecified atom stereocenters. The van der Waals surface area contributed by atoms with Crippen LogP contribution in [-0.2, 0) is 0 Å². The highest BCUT2D eigenvalue weighted by Crippen LogP contribution is 2.37. The van der Waals surface area contributed by atoms with Gasteiger partial charge in [-0.25, -0.2) is 0 Å².